The summed E-state index contributed by atoms with van der Waals surface area (Å²) >= 11 is 11.3. The quantitative estimate of drug-likeness (QED) is 0.411. The van der Waals surface area contributed by atoms with E-state index in [2.05, 4.69) is 20.4 Å². The van der Waals surface area contributed by atoms with Crippen LogP contribution in [0.5, 0.6) is 5.75 Å². The monoisotopic (exact) mass is 494 g/mol. The van der Waals surface area contributed by atoms with Crippen LogP contribution < -0.4 is 25.2 Å². The molecule has 0 radical (unpaired) electrons. The number of carbonyl (C=O) groups is 2. The van der Waals surface area contributed by atoms with Crippen LogP contribution in [0.15, 0.2) is 42.5 Å². The standard InChI is InChI=1S/C23H28Cl2N4O4/c1-32-14-9-26-22(30)17-15-16(27-23(31)21(24)25)7-8-18(17)28-10-12-29(13-11-28)19-5-3-4-6-20(19)33-2/h3-8,15,21H,9-14H2,1-2H3,(H,26,30)(H,27,31). The average Bonchev–Trinajstić information content (AvgIpc) is 2.84. The summed E-state index contributed by atoms with van der Waals surface area (Å²) in [5, 5.41) is 5.48. The number of halogens is 2. The number of nitrogens with zero attached hydrogens (tertiary/aromatic N) is 2. The molecule has 3 rings (SSSR count). The number of carbonyl (C=O) groups excluding carboxylic acids is 2. The van der Waals surface area contributed by atoms with E-state index in [0.717, 1.165) is 30.2 Å². The fraction of sp³-hybridized carbons (Fsp3) is 0.391. The van der Waals surface area contributed by atoms with Crippen molar-refractivity contribution < 1.29 is 19.1 Å². The summed E-state index contributed by atoms with van der Waals surface area (Å²) in [5.41, 5.74) is 2.73. The van der Waals surface area contributed by atoms with Crippen molar-refractivity contribution in [2.45, 2.75) is 4.84 Å². The normalized spacial score (nSPS) is 13.7. The highest BCUT2D eigenvalue weighted by Crippen LogP contribution is 2.31. The third-order valence-electron chi connectivity index (χ3n) is 5.34. The first kappa shape index (κ1) is 25.0. The van der Waals surface area contributed by atoms with E-state index in [9.17, 15) is 9.59 Å². The maximum atomic E-state index is 12.9. The molecule has 2 amide bonds. The Morgan fingerprint density at radius 1 is 1.00 bits per heavy atom. The minimum absolute atomic E-state index is 0.251. The van der Waals surface area contributed by atoms with Gasteiger partial charge in [-0.05, 0) is 30.3 Å². The van der Waals surface area contributed by atoms with Crippen LogP contribution in [-0.2, 0) is 9.53 Å². The maximum absolute atomic E-state index is 12.9. The molecule has 33 heavy (non-hydrogen) atoms. The van der Waals surface area contributed by atoms with E-state index in [4.69, 9.17) is 32.7 Å². The molecule has 178 valence electrons. The highest BCUT2D eigenvalue weighted by atomic mass is 35.5. The van der Waals surface area contributed by atoms with E-state index in [-0.39, 0.29) is 5.91 Å². The van der Waals surface area contributed by atoms with Gasteiger partial charge in [-0.15, -0.1) is 0 Å². The Morgan fingerprint density at radius 3 is 2.30 bits per heavy atom. The number of benzene rings is 2. The molecule has 0 atom stereocenters. The Hall–Kier alpha value is -2.68. The van der Waals surface area contributed by atoms with Crippen LogP contribution >= 0.6 is 23.2 Å². The number of hydrogen-bond donors (Lipinski definition) is 2. The van der Waals surface area contributed by atoms with Gasteiger partial charge in [-0.1, -0.05) is 35.3 Å². The number of amides is 2. The van der Waals surface area contributed by atoms with Crippen LogP contribution in [0.1, 0.15) is 10.4 Å². The Kier molecular flexibility index (Phi) is 9.05. The van der Waals surface area contributed by atoms with Crippen LogP contribution in [-0.4, -0.2) is 70.2 Å². The van der Waals surface area contributed by atoms with Gasteiger partial charge >= 0.3 is 0 Å². The van der Waals surface area contributed by atoms with Gasteiger partial charge in [-0.3, -0.25) is 9.59 Å². The van der Waals surface area contributed by atoms with Gasteiger partial charge in [-0.25, -0.2) is 0 Å². The van der Waals surface area contributed by atoms with Gasteiger partial charge in [0.2, 0.25) is 0 Å². The van der Waals surface area contributed by atoms with Crippen molar-refractivity contribution in [1.82, 2.24) is 5.32 Å². The maximum Gasteiger partial charge on any atom is 0.257 e. The first-order valence-corrected chi connectivity index (χ1v) is 11.4. The van der Waals surface area contributed by atoms with Crippen molar-refractivity contribution in [3.8, 4) is 5.75 Å². The fourth-order valence-electron chi connectivity index (χ4n) is 3.71. The summed E-state index contributed by atoms with van der Waals surface area (Å²) in [6.07, 6.45) is 0. The molecule has 1 heterocycles. The number of anilines is 3. The zero-order valence-electron chi connectivity index (χ0n) is 18.6. The van der Waals surface area contributed by atoms with Crippen molar-refractivity contribution in [1.29, 1.82) is 0 Å². The molecule has 10 heteroatoms. The zero-order valence-corrected chi connectivity index (χ0v) is 20.2. The Labute approximate surface area is 203 Å². The molecular weight excluding hydrogens is 467 g/mol. The van der Waals surface area contributed by atoms with Gasteiger partial charge in [0.15, 0.2) is 4.84 Å². The largest absolute Gasteiger partial charge is 0.495 e. The van der Waals surface area contributed by atoms with E-state index in [1.54, 1.807) is 26.4 Å². The summed E-state index contributed by atoms with van der Waals surface area (Å²) in [6.45, 7) is 3.74. The number of nitrogens with one attached hydrogen (secondary N) is 2. The first-order valence-electron chi connectivity index (χ1n) is 10.6. The molecule has 1 saturated heterocycles. The minimum Gasteiger partial charge on any atom is -0.495 e. The number of piperazine rings is 1. The molecule has 0 aliphatic carbocycles. The smallest absolute Gasteiger partial charge is 0.257 e. The highest BCUT2D eigenvalue weighted by molar-refractivity contribution is 6.54. The summed E-state index contributed by atoms with van der Waals surface area (Å²) in [6, 6.07) is 13.1. The lowest BCUT2D eigenvalue weighted by Gasteiger charge is -2.38. The van der Waals surface area contributed by atoms with Crippen LogP contribution in [0.25, 0.3) is 0 Å². The number of methoxy groups -OCH3 is 2. The summed E-state index contributed by atoms with van der Waals surface area (Å²) in [7, 11) is 3.24. The number of hydrogen-bond acceptors (Lipinski definition) is 6. The lowest BCUT2D eigenvalue weighted by molar-refractivity contribution is -0.114. The van der Waals surface area contributed by atoms with Crippen molar-refractivity contribution in [3.05, 3.63) is 48.0 Å². The molecule has 0 spiro atoms. The second-order valence-corrected chi connectivity index (χ2v) is 8.51. The lowest BCUT2D eigenvalue weighted by atomic mass is 10.1. The summed E-state index contributed by atoms with van der Waals surface area (Å²) in [4.78, 5) is 28.1. The van der Waals surface area contributed by atoms with E-state index in [1.165, 1.54) is 0 Å². The van der Waals surface area contributed by atoms with Gasteiger partial charge < -0.3 is 29.9 Å². The van der Waals surface area contributed by atoms with E-state index >= 15 is 0 Å². The Morgan fingerprint density at radius 2 is 1.67 bits per heavy atom. The Bertz CT molecular complexity index is 965. The molecule has 8 nitrogen and oxygen atoms in total. The lowest BCUT2D eigenvalue weighted by Crippen LogP contribution is -2.47. The van der Waals surface area contributed by atoms with Gasteiger partial charge in [0, 0.05) is 51.2 Å². The van der Waals surface area contributed by atoms with Crippen LogP contribution in [0.3, 0.4) is 0 Å². The van der Waals surface area contributed by atoms with E-state index < -0.39 is 10.7 Å². The Balaban J connectivity index is 1.79. The van der Waals surface area contributed by atoms with Gasteiger partial charge in [0.1, 0.15) is 5.75 Å². The molecule has 0 aromatic heterocycles. The molecule has 2 N–H and O–H groups in total. The molecular formula is C23H28Cl2N4O4. The number of alkyl halides is 2. The topological polar surface area (TPSA) is 83.1 Å². The van der Waals surface area contributed by atoms with Crippen molar-refractivity contribution >= 4 is 52.1 Å². The number of rotatable bonds is 9. The van der Waals surface area contributed by atoms with Crippen molar-refractivity contribution in [3.63, 3.8) is 0 Å². The predicted octanol–water partition coefficient (Wildman–Crippen LogP) is 3.14. The summed E-state index contributed by atoms with van der Waals surface area (Å²) < 4.78 is 10.5. The molecule has 1 aliphatic rings. The van der Waals surface area contributed by atoms with Gasteiger partial charge in [-0.2, -0.15) is 0 Å². The van der Waals surface area contributed by atoms with E-state index in [1.807, 2.05) is 30.3 Å². The molecule has 0 bridgehead atoms. The third kappa shape index (κ3) is 6.43. The first-order chi connectivity index (χ1) is 15.9. The van der Waals surface area contributed by atoms with Gasteiger partial charge in [0.25, 0.3) is 11.8 Å². The van der Waals surface area contributed by atoms with Crippen LogP contribution in [0, 0.1) is 0 Å². The van der Waals surface area contributed by atoms with Crippen LogP contribution in [0.4, 0.5) is 17.1 Å². The fourth-order valence-corrected chi connectivity index (χ4v) is 3.82. The SMILES string of the molecule is COCCNC(=O)c1cc(NC(=O)C(Cl)Cl)ccc1N1CCN(c2ccccc2OC)CC1. The molecule has 1 aliphatic heterocycles. The molecule has 2 aromatic rings. The van der Waals surface area contributed by atoms with Crippen LogP contribution in [0.2, 0.25) is 0 Å². The second kappa shape index (κ2) is 12.0. The molecule has 0 saturated carbocycles. The summed E-state index contributed by atoms with van der Waals surface area (Å²) in [5.74, 6) is 0.0296. The third-order valence-corrected chi connectivity index (χ3v) is 5.74. The van der Waals surface area contributed by atoms with Crippen molar-refractivity contribution in [2.24, 2.45) is 0 Å². The average molecular weight is 495 g/mol. The predicted molar refractivity (Wildman–Crippen MR) is 132 cm³/mol. The second-order valence-electron chi connectivity index (χ2n) is 7.42. The molecule has 2 aromatic carbocycles. The number of ether oxygens (including phenoxy) is 2. The number of para-hydroxylation sites is 2. The zero-order chi connectivity index (χ0) is 23.8. The van der Waals surface area contributed by atoms with Gasteiger partial charge in [0.05, 0.1) is 25.0 Å². The van der Waals surface area contributed by atoms with Crippen molar-refractivity contribution in [2.75, 3.05) is 68.7 Å². The molecule has 0 unspecified atom stereocenters. The minimum atomic E-state index is -1.20. The molecule has 1 fully saturated rings. The van der Waals surface area contributed by atoms with E-state index in [0.29, 0.717) is 37.5 Å². The highest BCUT2D eigenvalue weighted by Gasteiger charge is 2.24.